The van der Waals surface area contributed by atoms with Gasteiger partial charge in [0.25, 0.3) is 0 Å². The highest BCUT2D eigenvalue weighted by atomic mass is 35.5. The highest BCUT2D eigenvalue weighted by molar-refractivity contribution is 6.42. The molecule has 7 nitrogen and oxygen atoms in total. The molecular weight excluding hydrogens is 550 g/mol. The molecular formula is C22H17Cl4F2N3O4. The van der Waals surface area contributed by atoms with E-state index in [1.807, 2.05) is 0 Å². The molecule has 1 amide bonds. The van der Waals surface area contributed by atoms with Gasteiger partial charge in [-0.25, -0.2) is 18.6 Å². The highest BCUT2D eigenvalue weighted by Gasteiger charge is 2.25. The number of carbonyl (C=O) groups excluding carboxylic acids is 1. The Hall–Kier alpha value is -2.85. The zero-order chi connectivity index (χ0) is 26.4. The largest absolute Gasteiger partial charge is 0.492 e. The normalized spacial score (nSPS) is 10.3. The molecule has 1 heterocycles. The van der Waals surface area contributed by atoms with Gasteiger partial charge >= 0.3 is 5.97 Å². The first-order valence-electron chi connectivity index (χ1n) is 9.57. The van der Waals surface area contributed by atoms with Crippen molar-refractivity contribution in [2.75, 3.05) is 18.2 Å². The summed E-state index contributed by atoms with van der Waals surface area (Å²) in [7, 11) is 1.18. The monoisotopic (exact) mass is 565 g/mol. The fourth-order valence-electron chi connectivity index (χ4n) is 2.61. The lowest BCUT2D eigenvalue weighted by atomic mass is 10.1. The number of nitrogen functional groups attached to an aromatic ring is 1. The SMILES string of the molecule is CCC(=O)Nc1ccc(Cl)c(Cl)c1.COc1c(Cl)ccc(-c2nc(C(=O)O)c(Cl)c(N)c2F)c1F. The van der Waals surface area contributed by atoms with Crippen LogP contribution >= 0.6 is 46.4 Å². The minimum absolute atomic E-state index is 0.0375. The summed E-state index contributed by atoms with van der Waals surface area (Å²) in [6.45, 7) is 1.78. The Morgan fingerprint density at radius 2 is 1.69 bits per heavy atom. The van der Waals surface area contributed by atoms with Gasteiger partial charge in [-0.1, -0.05) is 53.3 Å². The van der Waals surface area contributed by atoms with E-state index >= 15 is 0 Å². The first-order chi connectivity index (χ1) is 16.4. The number of ether oxygens (including phenoxy) is 1. The number of methoxy groups -OCH3 is 1. The summed E-state index contributed by atoms with van der Waals surface area (Å²) in [5.74, 6) is -4.04. The Morgan fingerprint density at radius 1 is 1.06 bits per heavy atom. The summed E-state index contributed by atoms with van der Waals surface area (Å²) in [5, 5.41) is 12.0. The fraction of sp³-hybridized carbons (Fsp3) is 0.136. The van der Waals surface area contributed by atoms with Crippen molar-refractivity contribution in [2.24, 2.45) is 0 Å². The van der Waals surface area contributed by atoms with Crippen molar-refractivity contribution in [2.45, 2.75) is 13.3 Å². The minimum Gasteiger partial charge on any atom is -0.492 e. The van der Waals surface area contributed by atoms with E-state index in [4.69, 9.17) is 62.0 Å². The summed E-state index contributed by atoms with van der Waals surface area (Å²) in [5.41, 5.74) is 3.79. The Morgan fingerprint density at radius 3 is 2.23 bits per heavy atom. The minimum atomic E-state index is -1.53. The van der Waals surface area contributed by atoms with Crippen LogP contribution in [0.1, 0.15) is 23.8 Å². The van der Waals surface area contributed by atoms with Gasteiger partial charge in [0.05, 0.1) is 32.9 Å². The molecule has 3 rings (SSSR count). The van der Waals surface area contributed by atoms with E-state index in [1.165, 1.54) is 13.2 Å². The number of anilines is 2. The zero-order valence-electron chi connectivity index (χ0n) is 18.1. The Kier molecular flexibility index (Phi) is 9.91. The van der Waals surface area contributed by atoms with Gasteiger partial charge in [0, 0.05) is 17.7 Å². The number of hydrogen-bond donors (Lipinski definition) is 3. The maximum Gasteiger partial charge on any atom is 0.356 e. The van der Waals surface area contributed by atoms with Crippen LogP contribution in [0.3, 0.4) is 0 Å². The number of nitrogens with zero attached hydrogens (tertiary/aromatic N) is 1. The second kappa shape index (κ2) is 12.2. The average molecular weight is 567 g/mol. The third-order valence-electron chi connectivity index (χ3n) is 4.35. The molecule has 0 fully saturated rings. The molecule has 2 aromatic carbocycles. The van der Waals surface area contributed by atoms with Gasteiger partial charge in [-0.15, -0.1) is 0 Å². The van der Waals surface area contributed by atoms with Gasteiger partial charge in [0.15, 0.2) is 23.1 Å². The summed E-state index contributed by atoms with van der Waals surface area (Å²) in [6.07, 6.45) is 0.445. The standard InChI is InChI=1S/C13H8Cl2F2N2O3.C9H9Cl2NO/c1-22-12-5(14)3-2-4(7(12)16)10-8(17)9(18)6(15)11(19-10)13(20)21;1-2-9(13)12-6-3-4-7(10)8(11)5-6/h2-3H,1H3,(H2,18,19)(H,20,21);3-5H,2H2,1H3,(H,12,13). The van der Waals surface area contributed by atoms with Crippen LogP contribution in [-0.4, -0.2) is 29.1 Å². The Balaban J connectivity index is 0.000000283. The van der Waals surface area contributed by atoms with E-state index in [9.17, 15) is 18.4 Å². The zero-order valence-corrected chi connectivity index (χ0v) is 21.1. The number of nitrogens with one attached hydrogen (secondary N) is 1. The molecule has 13 heteroatoms. The number of nitrogens with two attached hydrogens (primary N) is 1. The lowest BCUT2D eigenvalue weighted by Crippen LogP contribution is -2.09. The lowest BCUT2D eigenvalue weighted by Gasteiger charge is -2.12. The van der Waals surface area contributed by atoms with Crippen LogP contribution in [0.2, 0.25) is 20.1 Å². The maximum atomic E-state index is 14.3. The number of benzene rings is 2. The second-order valence-electron chi connectivity index (χ2n) is 6.63. The molecule has 0 spiro atoms. The van der Waals surface area contributed by atoms with Crippen molar-refractivity contribution < 1.29 is 28.2 Å². The average Bonchev–Trinajstić information content (AvgIpc) is 2.81. The van der Waals surface area contributed by atoms with Crippen LogP contribution in [-0.2, 0) is 4.79 Å². The van der Waals surface area contributed by atoms with Gasteiger partial charge in [-0.05, 0) is 30.3 Å². The predicted molar refractivity (Wildman–Crippen MR) is 133 cm³/mol. The molecule has 0 aliphatic heterocycles. The molecule has 0 unspecified atom stereocenters. The van der Waals surface area contributed by atoms with Crippen LogP contribution in [0.15, 0.2) is 30.3 Å². The lowest BCUT2D eigenvalue weighted by molar-refractivity contribution is -0.115. The Bertz CT molecular complexity index is 1290. The number of carbonyl (C=O) groups is 2. The van der Waals surface area contributed by atoms with Crippen LogP contribution < -0.4 is 15.8 Å². The topological polar surface area (TPSA) is 115 Å². The number of pyridine rings is 1. The predicted octanol–water partition coefficient (Wildman–Crippen LogP) is 6.96. The number of aromatic nitrogens is 1. The van der Waals surface area contributed by atoms with Crippen molar-refractivity contribution in [1.29, 1.82) is 0 Å². The third-order valence-corrected chi connectivity index (χ3v) is 5.77. The van der Waals surface area contributed by atoms with Gasteiger partial charge in [-0.3, -0.25) is 4.79 Å². The van der Waals surface area contributed by atoms with Crippen LogP contribution in [0.4, 0.5) is 20.2 Å². The summed E-state index contributed by atoms with van der Waals surface area (Å²) >= 11 is 22.8. The van der Waals surface area contributed by atoms with E-state index in [-0.39, 0.29) is 22.2 Å². The molecule has 4 N–H and O–H groups in total. The highest BCUT2D eigenvalue weighted by Crippen LogP contribution is 2.38. The number of carboxylic acids is 1. The first kappa shape index (κ1) is 28.4. The summed E-state index contributed by atoms with van der Waals surface area (Å²) < 4.78 is 33.3. The number of carboxylic acid groups (broad SMARTS) is 1. The van der Waals surface area contributed by atoms with E-state index in [2.05, 4.69) is 10.3 Å². The van der Waals surface area contributed by atoms with Gasteiger partial charge in [0.1, 0.15) is 5.69 Å². The molecule has 0 saturated heterocycles. The van der Waals surface area contributed by atoms with Crippen molar-refractivity contribution in [3.8, 4) is 17.0 Å². The maximum absolute atomic E-state index is 14.3. The number of amides is 1. The number of aromatic carboxylic acids is 1. The molecule has 0 saturated carbocycles. The molecule has 0 aliphatic carbocycles. The molecule has 0 bridgehead atoms. The van der Waals surface area contributed by atoms with Gasteiger partial charge < -0.3 is 20.9 Å². The summed E-state index contributed by atoms with van der Waals surface area (Å²) in [6, 6.07) is 7.37. The number of halogens is 6. The molecule has 0 radical (unpaired) electrons. The van der Waals surface area contributed by atoms with Crippen molar-refractivity contribution in [1.82, 2.24) is 4.98 Å². The Labute approximate surface area is 218 Å². The number of hydrogen-bond acceptors (Lipinski definition) is 5. The number of rotatable bonds is 5. The van der Waals surface area contributed by atoms with E-state index in [1.54, 1.807) is 25.1 Å². The third kappa shape index (κ3) is 6.64. The van der Waals surface area contributed by atoms with Crippen molar-refractivity contribution in [3.63, 3.8) is 0 Å². The molecule has 1 aromatic heterocycles. The molecule has 186 valence electrons. The molecule has 0 aliphatic rings. The van der Waals surface area contributed by atoms with E-state index in [0.29, 0.717) is 22.2 Å². The van der Waals surface area contributed by atoms with E-state index in [0.717, 1.165) is 6.07 Å². The smallest absolute Gasteiger partial charge is 0.356 e. The first-order valence-corrected chi connectivity index (χ1v) is 11.1. The van der Waals surface area contributed by atoms with Gasteiger partial charge in [-0.2, -0.15) is 0 Å². The van der Waals surface area contributed by atoms with Crippen LogP contribution in [0.5, 0.6) is 5.75 Å². The van der Waals surface area contributed by atoms with Crippen LogP contribution in [0, 0.1) is 11.6 Å². The second-order valence-corrected chi connectivity index (χ2v) is 8.23. The van der Waals surface area contributed by atoms with Crippen LogP contribution in [0.25, 0.3) is 11.3 Å². The van der Waals surface area contributed by atoms with Crippen molar-refractivity contribution >= 4 is 69.7 Å². The van der Waals surface area contributed by atoms with Gasteiger partial charge in [0.2, 0.25) is 5.91 Å². The molecule has 3 aromatic rings. The summed E-state index contributed by atoms with van der Waals surface area (Å²) in [4.78, 5) is 25.6. The van der Waals surface area contributed by atoms with Crippen molar-refractivity contribution in [3.05, 3.63) is 67.8 Å². The fourth-order valence-corrected chi connectivity index (χ4v) is 3.33. The molecule has 0 atom stereocenters. The molecule has 35 heavy (non-hydrogen) atoms. The van der Waals surface area contributed by atoms with E-state index < -0.39 is 39.7 Å². The quantitative estimate of drug-likeness (QED) is 0.307.